The molecule has 1 amide bonds. The number of nitrogens with one attached hydrogen (secondary N) is 2. The van der Waals surface area contributed by atoms with E-state index in [4.69, 9.17) is 5.26 Å². The van der Waals surface area contributed by atoms with Crippen LogP contribution in [0.15, 0.2) is 53.4 Å². The molecule has 2 aromatic carbocycles. The number of thioether (sulfide) groups is 1. The minimum absolute atomic E-state index is 0.0976. The standard InChI is InChI=1S/C18H18FN3OS/c1-22(12-14-6-8-15(19)9-7-14)13-18(23)21-16-4-2-3-5-17(16)24-11-10-20/h2-9H,11-13H2,1H3,(H,21,23)/p+1. The molecule has 0 heterocycles. The summed E-state index contributed by atoms with van der Waals surface area (Å²) in [4.78, 5) is 14.1. The monoisotopic (exact) mass is 344 g/mol. The number of hydrogen-bond donors (Lipinski definition) is 2. The average molecular weight is 344 g/mol. The third-order valence-electron chi connectivity index (χ3n) is 3.33. The first-order valence-corrected chi connectivity index (χ1v) is 8.51. The molecule has 0 aliphatic heterocycles. The van der Waals surface area contributed by atoms with Gasteiger partial charge in [0.1, 0.15) is 12.4 Å². The van der Waals surface area contributed by atoms with Crippen LogP contribution < -0.4 is 10.2 Å². The zero-order valence-electron chi connectivity index (χ0n) is 13.4. The highest BCUT2D eigenvalue weighted by Crippen LogP contribution is 2.26. The van der Waals surface area contributed by atoms with E-state index in [1.54, 1.807) is 12.1 Å². The summed E-state index contributed by atoms with van der Waals surface area (Å²) in [5.41, 5.74) is 1.70. The smallest absolute Gasteiger partial charge is 0.279 e. The lowest BCUT2D eigenvalue weighted by Crippen LogP contribution is -3.08. The molecular weight excluding hydrogens is 325 g/mol. The number of halogens is 1. The highest BCUT2D eigenvalue weighted by Gasteiger charge is 2.12. The molecule has 1 atom stereocenters. The summed E-state index contributed by atoms with van der Waals surface area (Å²) < 4.78 is 12.9. The number of likely N-dealkylation sites (N-methyl/N-ethyl adjacent to an activating group) is 1. The molecule has 0 saturated heterocycles. The van der Waals surface area contributed by atoms with Crippen molar-refractivity contribution in [1.29, 1.82) is 5.26 Å². The van der Waals surface area contributed by atoms with Gasteiger partial charge in [-0.3, -0.25) is 4.79 Å². The number of carbonyl (C=O) groups is 1. The molecule has 0 aromatic heterocycles. The van der Waals surface area contributed by atoms with E-state index in [9.17, 15) is 9.18 Å². The van der Waals surface area contributed by atoms with Crippen molar-refractivity contribution in [3.05, 3.63) is 59.9 Å². The van der Waals surface area contributed by atoms with E-state index in [1.807, 2.05) is 31.3 Å². The maximum Gasteiger partial charge on any atom is 0.279 e. The predicted molar refractivity (Wildman–Crippen MR) is 93.3 cm³/mol. The molecule has 0 saturated carbocycles. The number of anilines is 1. The van der Waals surface area contributed by atoms with Crippen molar-refractivity contribution in [2.24, 2.45) is 0 Å². The average Bonchev–Trinajstić information content (AvgIpc) is 2.56. The Kier molecular flexibility index (Phi) is 6.79. The highest BCUT2D eigenvalue weighted by molar-refractivity contribution is 7.99. The van der Waals surface area contributed by atoms with E-state index in [0.717, 1.165) is 21.0 Å². The molecule has 2 aromatic rings. The van der Waals surface area contributed by atoms with Crippen molar-refractivity contribution >= 4 is 23.4 Å². The number of nitrogens with zero attached hydrogens (tertiary/aromatic N) is 1. The quantitative estimate of drug-likeness (QED) is 0.756. The summed E-state index contributed by atoms with van der Waals surface area (Å²) >= 11 is 1.39. The Labute approximate surface area is 145 Å². The van der Waals surface area contributed by atoms with Crippen molar-refractivity contribution in [1.82, 2.24) is 0 Å². The SMILES string of the molecule is C[NH+](CC(=O)Nc1ccccc1SCC#N)Cc1ccc(F)cc1. The molecule has 124 valence electrons. The van der Waals surface area contributed by atoms with Gasteiger partial charge in [0.25, 0.3) is 5.91 Å². The minimum Gasteiger partial charge on any atom is -0.326 e. The van der Waals surface area contributed by atoms with Gasteiger partial charge in [-0.2, -0.15) is 5.26 Å². The van der Waals surface area contributed by atoms with Crippen molar-refractivity contribution in [2.45, 2.75) is 11.4 Å². The lowest BCUT2D eigenvalue weighted by Gasteiger charge is -2.15. The van der Waals surface area contributed by atoms with Crippen LogP contribution in [0.4, 0.5) is 10.1 Å². The molecule has 0 bridgehead atoms. The molecule has 2 N–H and O–H groups in total. The van der Waals surface area contributed by atoms with E-state index < -0.39 is 0 Å². The highest BCUT2D eigenvalue weighted by atomic mass is 32.2. The summed E-state index contributed by atoms with van der Waals surface area (Å²) in [6.07, 6.45) is 0. The lowest BCUT2D eigenvalue weighted by molar-refractivity contribution is -0.885. The van der Waals surface area contributed by atoms with Gasteiger partial charge in [-0.15, -0.1) is 11.8 Å². The molecule has 4 nitrogen and oxygen atoms in total. The van der Waals surface area contributed by atoms with Crippen LogP contribution in [0.5, 0.6) is 0 Å². The Morgan fingerprint density at radius 1 is 1.25 bits per heavy atom. The molecule has 1 unspecified atom stereocenters. The van der Waals surface area contributed by atoms with Crippen LogP contribution in [0.1, 0.15) is 5.56 Å². The minimum atomic E-state index is -0.263. The Morgan fingerprint density at radius 2 is 1.96 bits per heavy atom. The third-order valence-corrected chi connectivity index (χ3v) is 4.28. The first kappa shape index (κ1) is 18.0. The summed E-state index contributed by atoms with van der Waals surface area (Å²) in [6.45, 7) is 0.938. The Bertz CT molecular complexity index is 728. The van der Waals surface area contributed by atoms with Crippen molar-refractivity contribution < 1.29 is 14.1 Å². The summed E-state index contributed by atoms with van der Waals surface area (Å²) in [5, 5.41) is 11.6. The van der Waals surface area contributed by atoms with Gasteiger partial charge >= 0.3 is 0 Å². The second kappa shape index (κ2) is 9.06. The third kappa shape index (κ3) is 5.69. The second-order valence-electron chi connectivity index (χ2n) is 5.43. The van der Waals surface area contributed by atoms with Crippen molar-refractivity contribution in [3.8, 4) is 6.07 Å². The fourth-order valence-electron chi connectivity index (χ4n) is 2.29. The van der Waals surface area contributed by atoms with Crippen molar-refractivity contribution in [3.63, 3.8) is 0 Å². The number of quaternary nitrogens is 1. The van der Waals surface area contributed by atoms with Crippen LogP contribution >= 0.6 is 11.8 Å². The second-order valence-corrected chi connectivity index (χ2v) is 6.45. The lowest BCUT2D eigenvalue weighted by atomic mass is 10.2. The number of hydrogen-bond acceptors (Lipinski definition) is 3. The van der Waals surface area contributed by atoms with Gasteiger partial charge in [0.15, 0.2) is 6.54 Å². The van der Waals surface area contributed by atoms with Crippen molar-refractivity contribution in [2.75, 3.05) is 24.7 Å². The van der Waals surface area contributed by atoms with Gasteiger partial charge in [0.2, 0.25) is 0 Å². The van der Waals surface area contributed by atoms with Crippen LogP contribution in [0, 0.1) is 17.1 Å². The first-order valence-electron chi connectivity index (χ1n) is 7.53. The van der Waals surface area contributed by atoms with E-state index in [0.29, 0.717) is 18.8 Å². The zero-order valence-corrected chi connectivity index (χ0v) is 14.2. The van der Waals surface area contributed by atoms with Crippen LogP contribution in [-0.2, 0) is 11.3 Å². The molecular formula is C18H19FN3OS+. The molecule has 0 spiro atoms. The maximum atomic E-state index is 12.9. The van der Waals surface area contributed by atoms with E-state index in [-0.39, 0.29) is 11.7 Å². The van der Waals surface area contributed by atoms with E-state index in [1.165, 1.54) is 23.9 Å². The van der Waals surface area contributed by atoms with Gasteiger partial charge < -0.3 is 10.2 Å². The fraction of sp³-hybridized carbons (Fsp3) is 0.222. The molecule has 2 rings (SSSR count). The molecule has 24 heavy (non-hydrogen) atoms. The summed E-state index contributed by atoms with van der Waals surface area (Å²) in [7, 11) is 1.92. The van der Waals surface area contributed by atoms with Gasteiger partial charge in [-0.05, 0) is 24.3 Å². The van der Waals surface area contributed by atoms with E-state index >= 15 is 0 Å². The molecule has 0 fully saturated rings. The fourth-order valence-corrected chi connectivity index (χ4v) is 2.96. The Morgan fingerprint density at radius 3 is 2.67 bits per heavy atom. The maximum absolute atomic E-state index is 12.9. The number of amides is 1. The van der Waals surface area contributed by atoms with Crippen LogP contribution in [-0.4, -0.2) is 25.3 Å². The number of carbonyl (C=O) groups excluding carboxylic acids is 1. The van der Waals surface area contributed by atoms with Gasteiger partial charge in [-0.1, -0.05) is 24.3 Å². The molecule has 6 heteroatoms. The topological polar surface area (TPSA) is 57.3 Å². The molecule has 0 aliphatic rings. The van der Waals surface area contributed by atoms with E-state index in [2.05, 4.69) is 11.4 Å². The number of nitriles is 1. The largest absolute Gasteiger partial charge is 0.326 e. The molecule has 0 aliphatic carbocycles. The number of para-hydroxylation sites is 1. The van der Waals surface area contributed by atoms with Crippen LogP contribution in [0.25, 0.3) is 0 Å². The van der Waals surface area contributed by atoms with Crippen LogP contribution in [0.3, 0.4) is 0 Å². The summed E-state index contributed by atoms with van der Waals surface area (Å²) in [6, 6.07) is 15.8. The normalized spacial score (nSPS) is 11.5. The van der Waals surface area contributed by atoms with Crippen LogP contribution in [0.2, 0.25) is 0 Å². The first-order chi connectivity index (χ1) is 11.6. The Hall–Kier alpha value is -2.36. The van der Waals surface area contributed by atoms with Gasteiger partial charge in [0, 0.05) is 10.5 Å². The number of rotatable bonds is 7. The molecule has 0 radical (unpaired) electrons. The summed E-state index contributed by atoms with van der Waals surface area (Å²) in [5.74, 6) is -0.0250. The Balaban J connectivity index is 1.91. The van der Waals surface area contributed by atoms with Gasteiger partial charge in [0.05, 0.1) is 24.6 Å². The number of benzene rings is 2. The van der Waals surface area contributed by atoms with Gasteiger partial charge in [-0.25, -0.2) is 4.39 Å². The predicted octanol–water partition coefficient (Wildman–Crippen LogP) is 2.09. The zero-order chi connectivity index (χ0) is 17.4.